The maximum Gasteiger partial charge on any atom is 0.152 e. The number of Topliss-reactive ketones (excluding diaryl/α,β-unsaturated/α-hetero) is 1. The fourth-order valence-corrected chi connectivity index (χ4v) is 2.32. The van der Waals surface area contributed by atoms with Crippen LogP contribution in [-0.2, 0) is 11.3 Å². The van der Waals surface area contributed by atoms with E-state index in [2.05, 4.69) is 33.0 Å². The molecule has 2 nitrogen and oxygen atoms in total. The standard InChI is InChI=1S/C14H18BrNO/c1-14(2)7-8-16(10-13(14)17)9-11-3-5-12(15)6-4-11/h3-6H,7-10H2,1-2H3. The van der Waals surface area contributed by atoms with Gasteiger partial charge >= 0.3 is 0 Å². The molecule has 1 aliphatic heterocycles. The number of hydrogen-bond acceptors (Lipinski definition) is 2. The SMILES string of the molecule is CC1(C)CCN(Cc2ccc(Br)cc2)CC1=O. The predicted molar refractivity (Wildman–Crippen MR) is 72.8 cm³/mol. The van der Waals surface area contributed by atoms with Crippen molar-refractivity contribution in [2.75, 3.05) is 13.1 Å². The zero-order valence-electron chi connectivity index (χ0n) is 10.4. The van der Waals surface area contributed by atoms with Crippen LogP contribution >= 0.6 is 15.9 Å². The van der Waals surface area contributed by atoms with Gasteiger partial charge in [-0.25, -0.2) is 0 Å². The van der Waals surface area contributed by atoms with Crippen LogP contribution in [0.4, 0.5) is 0 Å². The van der Waals surface area contributed by atoms with Crippen molar-refractivity contribution < 1.29 is 4.79 Å². The zero-order chi connectivity index (χ0) is 12.5. The number of rotatable bonds is 2. The molecule has 92 valence electrons. The van der Waals surface area contributed by atoms with Crippen LogP contribution in [0.5, 0.6) is 0 Å². The average molecular weight is 296 g/mol. The lowest BCUT2D eigenvalue weighted by atomic mass is 9.81. The first-order valence-electron chi connectivity index (χ1n) is 5.97. The van der Waals surface area contributed by atoms with Crippen molar-refractivity contribution in [3.63, 3.8) is 0 Å². The van der Waals surface area contributed by atoms with Crippen LogP contribution in [0.15, 0.2) is 28.7 Å². The van der Waals surface area contributed by atoms with E-state index in [9.17, 15) is 4.79 Å². The Hall–Kier alpha value is -0.670. The quantitative estimate of drug-likeness (QED) is 0.835. The summed E-state index contributed by atoms with van der Waals surface area (Å²) in [6.07, 6.45) is 0.961. The van der Waals surface area contributed by atoms with Gasteiger partial charge in [-0.1, -0.05) is 41.9 Å². The Morgan fingerprint density at radius 3 is 2.53 bits per heavy atom. The van der Waals surface area contributed by atoms with Crippen molar-refractivity contribution in [2.45, 2.75) is 26.8 Å². The van der Waals surface area contributed by atoms with Crippen molar-refractivity contribution in [3.05, 3.63) is 34.3 Å². The first-order valence-corrected chi connectivity index (χ1v) is 6.77. The van der Waals surface area contributed by atoms with Gasteiger partial charge in [0, 0.05) is 16.4 Å². The lowest BCUT2D eigenvalue weighted by Crippen LogP contribution is -2.44. The van der Waals surface area contributed by atoms with E-state index < -0.39 is 0 Å². The summed E-state index contributed by atoms with van der Waals surface area (Å²) >= 11 is 3.43. The zero-order valence-corrected chi connectivity index (χ0v) is 12.0. The second kappa shape index (κ2) is 4.91. The minimum absolute atomic E-state index is 0.129. The second-order valence-corrected chi connectivity index (χ2v) is 6.31. The molecular weight excluding hydrogens is 278 g/mol. The molecule has 0 aliphatic carbocycles. The number of carbonyl (C=O) groups excluding carboxylic acids is 1. The van der Waals surface area contributed by atoms with E-state index in [0.717, 1.165) is 24.0 Å². The molecule has 17 heavy (non-hydrogen) atoms. The number of likely N-dealkylation sites (tertiary alicyclic amines) is 1. The minimum atomic E-state index is -0.129. The van der Waals surface area contributed by atoms with Crippen LogP contribution in [0.25, 0.3) is 0 Å². The number of benzene rings is 1. The normalized spacial score (nSPS) is 20.5. The van der Waals surface area contributed by atoms with E-state index in [4.69, 9.17) is 0 Å². The molecule has 0 amide bonds. The van der Waals surface area contributed by atoms with Crippen molar-refractivity contribution in [3.8, 4) is 0 Å². The van der Waals surface area contributed by atoms with Gasteiger partial charge < -0.3 is 0 Å². The third kappa shape index (κ3) is 3.17. The summed E-state index contributed by atoms with van der Waals surface area (Å²) in [6.45, 7) is 6.56. The molecule has 2 rings (SSSR count). The molecule has 0 atom stereocenters. The predicted octanol–water partition coefficient (Wildman–Crippen LogP) is 3.25. The molecule has 0 spiro atoms. The Balaban J connectivity index is 1.97. The second-order valence-electron chi connectivity index (χ2n) is 5.39. The summed E-state index contributed by atoms with van der Waals surface area (Å²) in [4.78, 5) is 14.2. The number of carbonyl (C=O) groups is 1. The Labute approximate surface area is 111 Å². The van der Waals surface area contributed by atoms with Gasteiger partial charge in [-0.3, -0.25) is 9.69 Å². The maximum absolute atomic E-state index is 11.9. The van der Waals surface area contributed by atoms with E-state index >= 15 is 0 Å². The highest BCUT2D eigenvalue weighted by Crippen LogP contribution is 2.27. The Morgan fingerprint density at radius 2 is 1.94 bits per heavy atom. The third-order valence-corrected chi connectivity index (χ3v) is 4.02. The Kier molecular flexibility index (Phi) is 3.69. The van der Waals surface area contributed by atoms with Crippen LogP contribution in [0.3, 0.4) is 0 Å². The highest BCUT2D eigenvalue weighted by atomic mass is 79.9. The fourth-order valence-electron chi connectivity index (χ4n) is 2.06. The summed E-state index contributed by atoms with van der Waals surface area (Å²) in [6, 6.07) is 8.30. The number of halogens is 1. The molecule has 0 saturated carbocycles. The molecule has 1 fully saturated rings. The maximum atomic E-state index is 11.9. The molecule has 0 radical (unpaired) electrons. The van der Waals surface area contributed by atoms with Crippen LogP contribution in [-0.4, -0.2) is 23.8 Å². The summed E-state index contributed by atoms with van der Waals surface area (Å²) in [5.74, 6) is 0.362. The van der Waals surface area contributed by atoms with Crippen molar-refractivity contribution in [1.29, 1.82) is 0 Å². The highest BCUT2D eigenvalue weighted by molar-refractivity contribution is 9.10. The fraction of sp³-hybridized carbons (Fsp3) is 0.500. The van der Waals surface area contributed by atoms with Gasteiger partial charge in [-0.05, 0) is 30.7 Å². The minimum Gasteiger partial charge on any atom is -0.298 e. The summed E-state index contributed by atoms with van der Waals surface area (Å²) in [5, 5.41) is 0. The summed E-state index contributed by atoms with van der Waals surface area (Å²) in [5.41, 5.74) is 1.14. The van der Waals surface area contributed by atoms with E-state index in [-0.39, 0.29) is 5.41 Å². The highest BCUT2D eigenvalue weighted by Gasteiger charge is 2.33. The molecule has 0 bridgehead atoms. The van der Waals surface area contributed by atoms with Crippen LogP contribution in [0.1, 0.15) is 25.8 Å². The molecular formula is C14H18BrNO. The van der Waals surface area contributed by atoms with Crippen molar-refractivity contribution in [1.82, 2.24) is 4.90 Å². The summed E-state index contributed by atoms with van der Waals surface area (Å²) in [7, 11) is 0. The number of piperidine rings is 1. The molecule has 1 saturated heterocycles. The topological polar surface area (TPSA) is 20.3 Å². The van der Waals surface area contributed by atoms with Gasteiger partial charge in [0.1, 0.15) is 0 Å². The molecule has 1 heterocycles. The van der Waals surface area contributed by atoms with E-state index in [1.54, 1.807) is 0 Å². The van der Waals surface area contributed by atoms with Gasteiger partial charge in [-0.2, -0.15) is 0 Å². The molecule has 0 unspecified atom stereocenters. The average Bonchev–Trinajstić information content (AvgIpc) is 2.27. The van der Waals surface area contributed by atoms with Crippen molar-refractivity contribution >= 4 is 21.7 Å². The van der Waals surface area contributed by atoms with E-state index in [1.807, 2.05) is 26.0 Å². The molecule has 0 aromatic heterocycles. The van der Waals surface area contributed by atoms with Crippen LogP contribution in [0, 0.1) is 5.41 Å². The lowest BCUT2D eigenvalue weighted by molar-refractivity contribution is -0.132. The largest absolute Gasteiger partial charge is 0.298 e. The van der Waals surface area contributed by atoms with Gasteiger partial charge in [-0.15, -0.1) is 0 Å². The molecule has 0 N–H and O–H groups in total. The van der Waals surface area contributed by atoms with Gasteiger partial charge in [0.15, 0.2) is 5.78 Å². The summed E-state index contributed by atoms with van der Waals surface area (Å²) < 4.78 is 1.09. The van der Waals surface area contributed by atoms with Gasteiger partial charge in [0.2, 0.25) is 0 Å². The molecule has 1 aromatic carbocycles. The third-order valence-electron chi connectivity index (χ3n) is 3.49. The molecule has 1 aliphatic rings. The molecule has 3 heteroatoms. The molecule has 1 aromatic rings. The Bertz CT molecular complexity index is 411. The van der Waals surface area contributed by atoms with E-state index in [1.165, 1.54) is 5.56 Å². The first kappa shape index (κ1) is 12.8. The number of hydrogen-bond donors (Lipinski definition) is 0. The van der Waals surface area contributed by atoms with Gasteiger partial charge in [0.05, 0.1) is 6.54 Å². The number of ketones is 1. The number of nitrogens with zero attached hydrogens (tertiary/aromatic N) is 1. The monoisotopic (exact) mass is 295 g/mol. The lowest BCUT2D eigenvalue weighted by Gasteiger charge is -2.35. The van der Waals surface area contributed by atoms with Crippen molar-refractivity contribution in [2.24, 2.45) is 5.41 Å². The van der Waals surface area contributed by atoms with Gasteiger partial charge in [0.25, 0.3) is 0 Å². The Morgan fingerprint density at radius 1 is 1.29 bits per heavy atom. The van der Waals surface area contributed by atoms with Crippen LogP contribution < -0.4 is 0 Å². The van der Waals surface area contributed by atoms with Crippen LogP contribution in [0.2, 0.25) is 0 Å². The smallest absolute Gasteiger partial charge is 0.152 e. The van der Waals surface area contributed by atoms with E-state index in [0.29, 0.717) is 12.3 Å². The first-order chi connectivity index (χ1) is 7.97.